The van der Waals surface area contributed by atoms with Crippen LogP contribution < -0.4 is 0 Å². The fourth-order valence-electron chi connectivity index (χ4n) is 1.86. The summed E-state index contributed by atoms with van der Waals surface area (Å²) in [6.45, 7) is 3.98. The van der Waals surface area contributed by atoms with E-state index in [1.54, 1.807) is 0 Å². The highest BCUT2D eigenvalue weighted by Crippen LogP contribution is 2.20. The molecule has 0 aliphatic rings. The molecule has 86 valence electrons. The largest absolute Gasteiger partial charge is 0.294 e. The van der Waals surface area contributed by atoms with Crippen molar-refractivity contribution in [2.75, 3.05) is 0 Å². The molecule has 1 atom stereocenters. The number of benzene rings is 2. The van der Waals surface area contributed by atoms with E-state index in [0.717, 1.165) is 11.1 Å². The number of aryl methyl sites for hydroxylation is 1. The Morgan fingerprint density at radius 3 is 2.12 bits per heavy atom. The van der Waals surface area contributed by atoms with Gasteiger partial charge in [0.1, 0.15) is 0 Å². The number of hydrogen-bond acceptors (Lipinski definition) is 1. The van der Waals surface area contributed by atoms with Crippen LogP contribution in [0.5, 0.6) is 0 Å². The lowest BCUT2D eigenvalue weighted by Gasteiger charge is -2.10. The number of ketones is 1. The Labute approximate surface area is 102 Å². The zero-order chi connectivity index (χ0) is 12.3. The number of hydrogen-bond donors (Lipinski definition) is 0. The van der Waals surface area contributed by atoms with Crippen molar-refractivity contribution in [2.45, 2.75) is 19.8 Å². The van der Waals surface area contributed by atoms with Crippen molar-refractivity contribution in [3.8, 4) is 0 Å². The second-order valence-electron chi connectivity index (χ2n) is 4.36. The quantitative estimate of drug-likeness (QED) is 0.721. The van der Waals surface area contributed by atoms with Crippen molar-refractivity contribution in [1.29, 1.82) is 0 Å². The van der Waals surface area contributed by atoms with Crippen molar-refractivity contribution in [3.63, 3.8) is 0 Å². The maximum Gasteiger partial charge on any atom is 0.170 e. The molecule has 0 aliphatic carbocycles. The van der Waals surface area contributed by atoms with Crippen LogP contribution in [0.3, 0.4) is 0 Å². The molecule has 0 aromatic heterocycles. The standard InChI is InChI=1S/C16H16O/c1-12-8-10-15(11-9-12)16(17)13(2)14-6-4-3-5-7-14/h3-11,13H,1-2H3. The summed E-state index contributed by atoms with van der Waals surface area (Å²) >= 11 is 0. The summed E-state index contributed by atoms with van der Waals surface area (Å²) in [6, 6.07) is 17.6. The van der Waals surface area contributed by atoms with Crippen molar-refractivity contribution < 1.29 is 4.79 Å². The van der Waals surface area contributed by atoms with Crippen LogP contribution in [-0.4, -0.2) is 5.78 Å². The molecule has 0 fully saturated rings. The number of Topliss-reactive ketones (excluding diaryl/α,β-unsaturated/α-hetero) is 1. The molecule has 2 aromatic rings. The van der Waals surface area contributed by atoms with E-state index in [0.29, 0.717) is 0 Å². The lowest BCUT2D eigenvalue weighted by Crippen LogP contribution is -2.09. The summed E-state index contributed by atoms with van der Waals surface area (Å²) in [4.78, 5) is 12.3. The lowest BCUT2D eigenvalue weighted by molar-refractivity contribution is 0.0966. The van der Waals surface area contributed by atoms with E-state index in [2.05, 4.69) is 0 Å². The first-order valence-corrected chi connectivity index (χ1v) is 5.84. The second-order valence-corrected chi connectivity index (χ2v) is 4.36. The van der Waals surface area contributed by atoms with Crippen LogP contribution in [0.1, 0.15) is 34.3 Å². The average molecular weight is 224 g/mol. The van der Waals surface area contributed by atoms with Gasteiger partial charge in [-0.05, 0) is 12.5 Å². The van der Waals surface area contributed by atoms with Crippen LogP contribution in [0.2, 0.25) is 0 Å². The number of carbonyl (C=O) groups is 1. The molecular weight excluding hydrogens is 208 g/mol. The zero-order valence-electron chi connectivity index (χ0n) is 10.2. The molecule has 1 nitrogen and oxygen atoms in total. The van der Waals surface area contributed by atoms with Crippen molar-refractivity contribution >= 4 is 5.78 Å². The topological polar surface area (TPSA) is 17.1 Å². The van der Waals surface area contributed by atoms with Gasteiger partial charge in [0.2, 0.25) is 0 Å². The van der Waals surface area contributed by atoms with Crippen molar-refractivity contribution in [2.24, 2.45) is 0 Å². The van der Waals surface area contributed by atoms with Gasteiger partial charge in [-0.1, -0.05) is 67.1 Å². The lowest BCUT2D eigenvalue weighted by atomic mass is 9.92. The van der Waals surface area contributed by atoms with Gasteiger partial charge in [0, 0.05) is 11.5 Å². The Balaban J connectivity index is 2.23. The van der Waals surface area contributed by atoms with E-state index in [4.69, 9.17) is 0 Å². The van der Waals surface area contributed by atoms with Crippen molar-refractivity contribution in [3.05, 3.63) is 71.3 Å². The molecule has 0 radical (unpaired) electrons. The first-order chi connectivity index (χ1) is 8.18. The van der Waals surface area contributed by atoms with Crippen molar-refractivity contribution in [1.82, 2.24) is 0 Å². The first-order valence-electron chi connectivity index (χ1n) is 5.84. The van der Waals surface area contributed by atoms with E-state index < -0.39 is 0 Å². The summed E-state index contributed by atoms with van der Waals surface area (Å²) in [7, 11) is 0. The monoisotopic (exact) mass is 224 g/mol. The van der Waals surface area contributed by atoms with Gasteiger partial charge in [-0.2, -0.15) is 0 Å². The third-order valence-electron chi connectivity index (χ3n) is 3.03. The van der Waals surface area contributed by atoms with Crippen LogP contribution in [-0.2, 0) is 0 Å². The van der Waals surface area contributed by atoms with Crippen LogP contribution >= 0.6 is 0 Å². The minimum Gasteiger partial charge on any atom is -0.294 e. The molecular formula is C16H16O. The molecule has 1 unspecified atom stereocenters. The SMILES string of the molecule is Cc1ccc(C(=O)C(C)c2ccccc2)cc1. The van der Waals surface area contributed by atoms with Gasteiger partial charge < -0.3 is 0 Å². The fraction of sp³-hybridized carbons (Fsp3) is 0.188. The summed E-state index contributed by atoms with van der Waals surface area (Å²) < 4.78 is 0. The van der Waals surface area contributed by atoms with Gasteiger partial charge in [0.15, 0.2) is 5.78 Å². The van der Waals surface area contributed by atoms with E-state index in [1.165, 1.54) is 5.56 Å². The summed E-state index contributed by atoms with van der Waals surface area (Å²) in [5, 5.41) is 0. The normalized spacial score (nSPS) is 12.1. The van der Waals surface area contributed by atoms with Gasteiger partial charge in [-0.15, -0.1) is 0 Å². The van der Waals surface area contributed by atoms with Gasteiger partial charge in [0.25, 0.3) is 0 Å². The molecule has 2 rings (SSSR count). The summed E-state index contributed by atoms with van der Waals surface area (Å²) in [5.74, 6) is 0.0927. The predicted octanol–water partition coefficient (Wildman–Crippen LogP) is 3.98. The van der Waals surface area contributed by atoms with E-state index in [-0.39, 0.29) is 11.7 Å². The molecule has 0 heterocycles. The smallest absolute Gasteiger partial charge is 0.170 e. The Morgan fingerprint density at radius 2 is 1.53 bits per heavy atom. The van der Waals surface area contributed by atoms with Gasteiger partial charge in [-0.3, -0.25) is 4.79 Å². The van der Waals surface area contributed by atoms with Crippen LogP contribution in [0.25, 0.3) is 0 Å². The first kappa shape index (κ1) is 11.6. The van der Waals surface area contributed by atoms with Gasteiger partial charge in [-0.25, -0.2) is 0 Å². The molecule has 0 spiro atoms. The molecule has 1 heteroatoms. The number of carbonyl (C=O) groups excluding carboxylic acids is 1. The highest BCUT2D eigenvalue weighted by Gasteiger charge is 2.16. The zero-order valence-corrected chi connectivity index (χ0v) is 10.2. The van der Waals surface area contributed by atoms with Gasteiger partial charge >= 0.3 is 0 Å². The molecule has 0 aliphatic heterocycles. The van der Waals surface area contributed by atoms with Crippen LogP contribution in [0.15, 0.2) is 54.6 Å². The van der Waals surface area contributed by atoms with Crippen LogP contribution in [0.4, 0.5) is 0 Å². The third kappa shape index (κ3) is 2.62. The fourth-order valence-corrected chi connectivity index (χ4v) is 1.86. The maximum absolute atomic E-state index is 12.3. The third-order valence-corrected chi connectivity index (χ3v) is 3.03. The molecule has 0 bridgehead atoms. The molecule has 0 N–H and O–H groups in total. The van der Waals surface area contributed by atoms with E-state index >= 15 is 0 Å². The molecule has 0 saturated heterocycles. The highest BCUT2D eigenvalue weighted by molar-refractivity contribution is 6.00. The number of rotatable bonds is 3. The minimum absolute atomic E-state index is 0.0843. The summed E-state index contributed by atoms with van der Waals surface area (Å²) in [5.41, 5.74) is 3.03. The van der Waals surface area contributed by atoms with E-state index in [1.807, 2.05) is 68.4 Å². The Morgan fingerprint density at radius 1 is 0.941 bits per heavy atom. The molecule has 0 amide bonds. The average Bonchev–Trinajstić information content (AvgIpc) is 2.39. The molecule has 0 saturated carbocycles. The predicted molar refractivity (Wildman–Crippen MR) is 70.4 cm³/mol. The highest BCUT2D eigenvalue weighted by atomic mass is 16.1. The second kappa shape index (κ2) is 4.96. The molecule has 17 heavy (non-hydrogen) atoms. The Hall–Kier alpha value is -1.89. The molecule has 2 aromatic carbocycles. The van der Waals surface area contributed by atoms with Gasteiger partial charge in [0.05, 0.1) is 0 Å². The summed E-state index contributed by atoms with van der Waals surface area (Å²) in [6.07, 6.45) is 0. The Bertz CT molecular complexity index is 497. The minimum atomic E-state index is -0.0843. The van der Waals surface area contributed by atoms with E-state index in [9.17, 15) is 4.79 Å². The Kier molecular flexibility index (Phi) is 3.38. The van der Waals surface area contributed by atoms with Crippen LogP contribution in [0, 0.1) is 6.92 Å². The maximum atomic E-state index is 12.3.